The number of hydrogen-bond donors (Lipinski definition) is 1. The van der Waals surface area contributed by atoms with Gasteiger partial charge in [-0.1, -0.05) is 0 Å². The van der Waals surface area contributed by atoms with Crippen molar-refractivity contribution in [3.05, 3.63) is 23.0 Å². The molecule has 0 unspecified atom stereocenters. The van der Waals surface area contributed by atoms with E-state index >= 15 is 0 Å². The highest BCUT2D eigenvalue weighted by molar-refractivity contribution is 5.99. The smallest absolute Gasteiger partial charge is 0.0404 e. The Morgan fingerprint density at radius 3 is 2.45 bits per heavy atom. The zero-order chi connectivity index (χ0) is 8.43. The molecule has 1 N–H and O–H groups in total. The van der Waals surface area contributed by atoms with Crippen molar-refractivity contribution in [3.63, 3.8) is 0 Å². The number of rotatable bonds is 1. The first-order valence-corrected chi connectivity index (χ1v) is 3.75. The summed E-state index contributed by atoms with van der Waals surface area (Å²) >= 11 is 0. The van der Waals surface area contributed by atoms with Gasteiger partial charge in [0, 0.05) is 29.7 Å². The van der Waals surface area contributed by atoms with Gasteiger partial charge in [-0.25, -0.2) is 0 Å². The van der Waals surface area contributed by atoms with Gasteiger partial charge in [0.1, 0.15) is 0 Å². The van der Waals surface area contributed by atoms with E-state index in [1.54, 1.807) is 0 Å². The van der Waals surface area contributed by atoms with Crippen LogP contribution in [0.4, 0.5) is 0 Å². The molecule has 0 aliphatic heterocycles. The molecule has 0 fully saturated rings. The van der Waals surface area contributed by atoms with Crippen LogP contribution in [0.25, 0.3) is 0 Å². The third kappa shape index (κ3) is 1.50. The van der Waals surface area contributed by atoms with Crippen LogP contribution in [-0.2, 0) is 0 Å². The third-order valence-corrected chi connectivity index (χ3v) is 1.87. The van der Waals surface area contributed by atoms with Gasteiger partial charge in [-0.05, 0) is 26.8 Å². The number of hydrogen-bond acceptors (Lipinski definition) is 1. The largest absolute Gasteiger partial charge is 0.362 e. The van der Waals surface area contributed by atoms with Crippen molar-refractivity contribution in [1.82, 2.24) is 4.98 Å². The Balaban J connectivity index is 3.13. The van der Waals surface area contributed by atoms with E-state index in [1.165, 1.54) is 17.0 Å². The van der Waals surface area contributed by atoms with Gasteiger partial charge >= 0.3 is 0 Å². The molecule has 0 saturated heterocycles. The van der Waals surface area contributed by atoms with Gasteiger partial charge in [-0.15, -0.1) is 0 Å². The number of nitrogens with zero attached hydrogens (tertiary/aromatic N) is 1. The Bertz CT molecular complexity index is 282. The average Bonchev–Trinajstić information content (AvgIpc) is 2.28. The predicted octanol–water partition coefficient (Wildman–Crippen LogP) is 2.07. The van der Waals surface area contributed by atoms with Gasteiger partial charge in [0.2, 0.25) is 0 Å². The molecule has 1 aromatic rings. The van der Waals surface area contributed by atoms with Crippen molar-refractivity contribution < 1.29 is 0 Å². The second-order valence-electron chi connectivity index (χ2n) is 2.80. The summed E-state index contributed by atoms with van der Waals surface area (Å²) in [5.41, 5.74) is 4.71. The van der Waals surface area contributed by atoms with E-state index in [0.29, 0.717) is 0 Å². The lowest BCUT2D eigenvalue weighted by molar-refractivity contribution is 1.18. The molecule has 0 amide bonds. The lowest BCUT2D eigenvalue weighted by atomic mass is 10.2. The summed E-state index contributed by atoms with van der Waals surface area (Å²) in [4.78, 5) is 7.37. The molecule has 1 rings (SSSR count). The topological polar surface area (TPSA) is 28.1 Å². The molecule has 1 heterocycles. The van der Waals surface area contributed by atoms with Gasteiger partial charge in [0.15, 0.2) is 0 Å². The predicted molar refractivity (Wildman–Crippen MR) is 48.4 cm³/mol. The number of nitrogens with one attached hydrogen (secondary N) is 1. The Morgan fingerprint density at radius 1 is 1.45 bits per heavy atom. The van der Waals surface area contributed by atoms with Crippen LogP contribution in [0.5, 0.6) is 0 Å². The second-order valence-corrected chi connectivity index (χ2v) is 2.80. The van der Waals surface area contributed by atoms with E-state index in [4.69, 9.17) is 0 Å². The average molecular weight is 150 g/mol. The van der Waals surface area contributed by atoms with Crippen molar-refractivity contribution in [1.29, 1.82) is 0 Å². The molecule has 0 spiro atoms. The maximum atomic E-state index is 4.13. The first-order valence-electron chi connectivity index (χ1n) is 3.75. The zero-order valence-electron chi connectivity index (χ0n) is 7.52. The summed E-state index contributed by atoms with van der Waals surface area (Å²) < 4.78 is 0. The summed E-state index contributed by atoms with van der Waals surface area (Å²) in [5.74, 6) is 0. The van der Waals surface area contributed by atoms with Crippen LogP contribution in [-0.4, -0.2) is 17.7 Å². The van der Waals surface area contributed by atoms with Gasteiger partial charge in [0.25, 0.3) is 0 Å². The minimum absolute atomic E-state index is 1.09. The molecule has 2 nitrogen and oxygen atoms in total. The van der Waals surface area contributed by atoms with Crippen LogP contribution in [0.1, 0.15) is 23.9 Å². The maximum Gasteiger partial charge on any atom is 0.0404 e. The quantitative estimate of drug-likeness (QED) is 0.594. The molecule has 0 bridgehead atoms. The Kier molecular flexibility index (Phi) is 2.13. The molecule has 0 aliphatic rings. The molecule has 0 aromatic carbocycles. The first-order chi connectivity index (χ1) is 5.15. The fraction of sp³-hybridized carbons (Fsp3) is 0.444. The fourth-order valence-corrected chi connectivity index (χ4v) is 1.22. The fourth-order valence-electron chi connectivity index (χ4n) is 1.22. The molecule has 1 aromatic heterocycles. The SMILES string of the molecule is CN=C(C)c1cc(C)[nH]c1C. The van der Waals surface area contributed by atoms with Crippen LogP contribution in [0.2, 0.25) is 0 Å². The van der Waals surface area contributed by atoms with E-state index in [-0.39, 0.29) is 0 Å². The molecular formula is C9H14N2. The molecular weight excluding hydrogens is 136 g/mol. The number of aliphatic imine (C=N–C) groups is 1. The van der Waals surface area contributed by atoms with Crippen molar-refractivity contribution in [2.75, 3.05) is 7.05 Å². The molecule has 0 saturated carbocycles. The monoisotopic (exact) mass is 150 g/mol. The van der Waals surface area contributed by atoms with Gasteiger partial charge in [0.05, 0.1) is 0 Å². The summed E-state index contributed by atoms with van der Waals surface area (Å²) in [6, 6.07) is 2.12. The summed E-state index contributed by atoms with van der Waals surface area (Å²) in [6.45, 7) is 6.14. The number of H-pyrrole nitrogens is 1. The van der Waals surface area contributed by atoms with Crippen LogP contribution < -0.4 is 0 Å². The molecule has 0 aliphatic carbocycles. The lowest BCUT2D eigenvalue weighted by Crippen LogP contribution is -1.93. The van der Waals surface area contributed by atoms with Crippen molar-refractivity contribution in [2.45, 2.75) is 20.8 Å². The molecule has 11 heavy (non-hydrogen) atoms. The highest BCUT2D eigenvalue weighted by Crippen LogP contribution is 2.09. The Labute approximate surface area is 67.4 Å². The molecule has 0 atom stereocenters. The van der Waals surface area contributed by atoms with Gasteiger partial charge in [-0.3, -0.25) is 4.99 Å². The van der Waals surface area contributed by atoms with Crippen molar-refractivity contribution in [3.8, 4) is 0 Å². The number of aryl methyl sites for hydroxylation is 2. The number of aromatic nitrogens is 1. The van der Waals surface area contributed by atoms with Crippen LogP contribution in [0, 0.1) is 13.8 Å². The van der Waals surface area contributed by atoms with Crippen molar-refractivity contribution >= 4 is 5.71 Å². The lowest BCUT2D eigenvalue weighted by Gasteiger charge is -1.95. The molecule has 60 valence electrons. The minimum Gasteiger partial charge on any atom is -0.362 e. The van der Waals surface area contributed by atoms with Crippen LogP contribution >= 0.6 is 0 Å². The van der Waals surface area contributed by atoms with Gasteiger partial charge in [-0.2, -0.15) is 0 Å². The maximum absolute atomic E-state index is 4.13. The minimum atomic E-state index is 1.09. The van der Waals surface area contributed by atoms with E-state index in [1.807, 2.05) is 14.0 Å². The van der Waals surface area contributed by atoms with Crippen LogP contribution in [0.15, 0.2) is 11.1 Å². The highest BCUT2D eigenvalue weighted by Gasteiger charge is 2.02. The summed E-state index contributed by atoms with van der Waals surface area (Å²) in [7, 11) is 1.82. The normalized spacial score (nSPS) is 12.2. The highest BCUT2D eigenvalue weighted by atomic mass is 14.7. The van der Waals surface area contributed by atoms with E-state index in [9.17, 15) is 0 Å². The molecule has 2 heteroatoms. The summed E-state index contributed by atoms with van der Waals surface area (Å²) in [6.07, 6.45) is 0. The second kappa shape index (κ2) is 2.91. The van der Waals surface area contributed by atoms with Gasteiger partial charge < -0.3 is 4.98 Å². The Hall–Kier alpha value is -1.05. The Morgan fingerprint density at radius 2 is 2.09 bits per heavy atom. The molecule has 0 radical (unpaired) electrons. The summed E-state index contributed by atoms with van der Waals surface area (Å²) in [5, 5.41) is 0. The third-order valence-electron chi connectivity index (χ3n) is 1.87. The first kappa shape index (κ1) is 8.05. The standard InChI is InChI=1S/C9H14N2/c1-6-5-9(7(2)10-4)8(3)11-6/h5,11H,1-4H3. The van der Waals surface area contributed by atoms with E-state index in [2.05, 4.69) is 29.9 Å². The zero-order valence-corrected chi connectivity index (χ0v) is 7.52. The van der Waals surface area contributed by atoms with Crippen LogP contribution in [0.3, 0.4) is 0 Å². The number of aromatic amines is 1. The van der Waals surface area contributed by atoms with E-state index < -0.39 is 0 Å². The van der Waals surface area contributed by atoms with Crippen molar-refractivity contribution in [2.24, 2.45) is 4.99 Å². The van der Waals surface area contributed by atoms with E-state index in [0.717, 1.165) is 5.71 Å².